The van der Waals surface area contributed by atoms with Gasteiger partial charge in [0.2, 0.25) is 0 Å². The van der Waals surface area contributed by atoms with E-state index in [1.165, 1.54) is 24.3 Å². The van der Waals surface area contributed by atoms with Crippen molar-refractivity contribution in [2.75, 3.05) is 6.61 Å². The first kappa shape index (κ1) is 12.8. The van der Waals surface area contributed by atoms with E-state index in [2.05, 4.69) is 0 Å². The predicted octanol–water partition coefficient (Wildman–Crippen LogP) is 3.07. The summed E-state index contributed by atoms with van der Waals surface area (Å²) in [6.45, 7) is 2.45. The lowest BCUT2D eigenvalue weighted by atomic mass is 10.1. The number of hydrogen-bond donors (Lipinski definition) is 1. The van der Waals surface area contributed by atoms with Crippen LogP contribution < -0.4 is 4.74 Å². The van der Waals surface area contributed by atoms with Crippen molar-refractivity contribution in [1.82, 2.24) is 0 Å². The zero-order chi connectivity index (χ0) is 12.2. The fourth-order valence-electron chi connectivity index (χ4n) is 1.16. The minimum Gasteiger partial charge on any atom is -0.494 e. The second kappa shape index (κ2) is 5.21. The van der Waals surface area contributed by atoms with Gasteiger partial charge in [0, 0.05) is 0 Å². The van der Waals surface area contributed by atoms with Crippen molar-refractivity contribution in [2.24, 2.45) is 0 Å². The minimum atomic E-state index is -4.63. The number of aliphatic hydroxyl groups excluding tert-OH is 1. The van der Waals surface area contributed by atoms with E-state index in [-0.39, 0.29) is 5.56 Å². The van der Waals surface area contributed by atoms with Crippen LogP contribution >= 0.6 is 0 Å². The van der Waals surface area contributed by atoms with Crippen molar-refractivity contribution in [3.05, 3.63) is 29.8 Å². The Kier molecular flexibility index (Phi) is 4.18. The van der Waals surface area contributed by atoms with Crippen molar-refractivity contribution in [1.29, 1.82) is 0 Å². The molecule has 0 amide bonds. The Morgan fingerprint density at radius 1 is 1.25 bits per heavy atom. The van der Waals surface area contributed by atoms with Crippen LogP contribution in [0.15, 0.2) is 24.3 Å². The number of rotatable bonds is 4. The number of ether oxygens (including phenoxy) is 1. The molecule has 1 N–H and O–H groups in total. The number of alkyl halides is 3. The molecule has 1 unspecified atom stereocenters. The molecule has 0 bridgehead atoms. The highest BCUT2D eigenvalue weighted by Gasteiger charge is 2.39. The van der Waals surface area contributed by atoms with Crippen LogP contribution in [0.2, 0.25) is 0 Å². The molecule has 0 fully saturated rings. The van der Waals surface area contributed by atoms with Gasteiger partial charge < -0.3 is 9.84 Å². The molecule has 1 aromatic carbocycles. The Morgan fingerprint density at radius 2 is 1.81 bits per heavy atom. The van der Waals surface area contributed by atoms with E-state index >= 15 is 0 Å². The lowest BCUT2D eigenvalue weighted by Gasteiger charge is -2.15. The molecule has 0 saturated carbocycles. The third-order valence-corrected chi connectivity index (χ3v) is 1.98. The van der Waals surface area contributed by atoms with Gasteiger partial charge in [-0.15, -0.1) is 0 Å². The normalized spacial score (nSPS) is 13.6. The third kappa shape index (κ3) is 3.41. The molecular formula is C11H13F3O2. The summed E-state index contributed by atoms with van der Waals surface area (Å²) in [5, 5.41) is 8.96. The fourth-order valence-corrected chi connectivity index (χ4v) is 1.16. The Morgan fingerprint density at radius 3 is 2.25 bits per heavy atom. The summed E-state index contributed by atoms with van der Waals surface area (Å²) in [6.07, 6.45) is -6.24. The van der Waals surface area contributed by atoms with Crippen LogP contribution in [0.1, 0.15) is 25.0 Å². The molecule has 5 heteroatoms. The highest BCUT2D eigenvalue weighted by Crippen LogP contribution is 2.32. The fraction of sp³-hybridized carbons (Fsp3) is 0.455. The molecule has 16 heavy (non-hydrogen) atoms. The topological polar surface area (TPSA) is 29.5 Å². The van der Waals surface area contributed by atoms with Gasteiger partial charge in [0.15, 0.2) is 6.10 Å². The summed E-state index contributed by atoms with van der Waals surface area (Å²) in [4.78, 5) is 0. The summed E-state index contributed by atoms with van der Waals surface area (Å²) >= 11 is 0. The Balaban J connectivity index is 2.71. The average molecular weight is 234 g/mol. The first-order valence-corrected chi connectivity index (χ1v) is 4.92. The first-order chi connectivity index (χ1) is 7.45. The maximum absolute atomic E-state index is 12.2. The summed E-state index contributed by atoms with van der Waals surface area (Å²) in [5.41, 5.74) is -0.184. The quantitative estimate of drug-likeness (QED) is 0.867. The molecule has 0 spiro atoms. The molecule has 0 saturated heterocycles. The van der Waals surface area contributed by atoms with Gasteiger partial charge >= 0.3 is 6.18 Å². The van der Waals surface area contributed by atoms with Crippen LogP contribution in [0, 0.1) is 0 Å². The van der Waals surface area contributed by atoms with Crippen LogP contribution in [-0.4, -0.2) is 17.9 Å². The molecule has 0 aromatic heterocycles. The van der Waals surface area contributed by atoms with Crippen molar-refractivity contribution in [2.45, 2.75) is 25.6 Å². The van der Waals surface area contributed by atoms with Crippen LogP contribution in [0.3, 0.4) is 0 Å². The lowest BCUT2D eigenvalue weighted by molar-refractivity contribution is -0.206. The van der Waals surface area contributed by atoms with E-state index < -0.39 is 12.3 Å². The lowest BCUT2D eigenvalue weighted by Crippen LogP contribution is -2.20. The van der Waals surface area contributed by atoms with E-state index in [4.69, 9.17) is 9.84 Å². The van der Waals surface area contributed by atoms with Gasteiger partial charge in [-0.05, 0) is 24.1 Å². The van der Waals surface area contributed by atoms with Gasteiger partial charge in [-0.1, -0.05) is 19.1 Å². The van der Waals surface area contributed by atoms with Gasteiger partial charge in [0.1, 0.15) is 5.75 Å². The summed E-state index contributed by atoms with van der Waals surface area (Å²) in [5.74, 6) is 0.500. The summed E-state index contributed by atoms with van der Waals surface area (Å²) in [7, 11) is 0. The van der Waals surface area contributed by atoms with E-state index in [1.54, 1.807) is 0 Å². The molecule has 0 aliphatic rings. The van der Waals surface area contributed by atoms with E-state index in [9.17, 15) is 13.2 Å². The molecule has 1 aromatic rings. The van der Waals surface area contributed by atoms with Crippen molar-refractivity contribution < 1.29 is 23.0 Å². The molecule has 0 heterocycles. The van der Waals surface area contributed by atoms with E-state index in [0.717, 1.165) is 6.42 Å². The number of aliphatic hydroxyl groups is 1. The minimum absolute atomic E-state index is 0.184. The van der Waals surface area contributed by atoms with Crippen molar-refractivity contribution in [3.63, 3.8) is 0 Å². The molecule has 1 rings (SSSR count). The Labute approximate surface area is 91.7 Å². The van der Waals surface area contributed by atoms with Crippen LogP contribution in [-0.2, 0) is 0 Å². The zero-order valence-electron chi connectivity index (χ0n) is 8.79. The van der Waals surface area contributed by atoms with Gasteiger partial charge in [-0.25, -0.2) is 0 Å². The van der Waals surface area contributed by atoms with Crippen LogP contribution in [0.5, 0.6) is 5.75 Å². The second-order valence-electron chi connectivity index (χ2n) is 3.36. The maximum atomic E-state index is 12.2. The third-order valence-electron chi connectivity index (χ3n) is 1.98. The van der Waals surface area contributed by atoms with Gasteiger partial charge in [-0.3, -0.25) is 0 Å². The highest BCUT2D eigenvalue weighted by molar-refractivity contribution is 5.29. The van der Waals surface area contributed by atoms with Crippen LogP contribution in [0.4, 0.5) is 13.2 Å². The largest absolute Gasteiger partial charge is 0.494 e. The smallest absolute Gasteiger partial charge is 0.418 e. The van der Waals surface area contributed by atoms with Gasteiger partial charge in [0.05, 0.1) is 6.61 Å². The molecule has 0 aliphatic heterocycles. The highest BCUT2D eigenvalue weighted by atomic mass is 19.4. The molecular weight excluding hydrogens is 221 g/mol. The average Bonchev–Trinajstić information content (AvgIpc) is 2.25. The van der Waals surface area contributed by atoms with Crippen LogP contribution in [0.25, 0.3) is 0 Å². The zero-order valence-corrected chi connectivity index (χ0v) is 8.79. The number of halogens is 3. The van der Waals surface area contributed by atoms with Gasteiger partial charge in [0.25, 0.3) is 0 Å². The molecule has 90 valence electrons. The first-order valence-electron chi connectivity index (χ1n) is 4.92. The molecule has 0 radical (unpaired) electrons. The summed E-state index contributed by atoms with van der Waals surface area (Å²) < 4.78 is 41.7. The van der Waals surface area contributed by atoms with Crippen molar-refractivity contribution in [3.8, 4) is 5.75 Å². The Hall–Kier alpha value is -1.23. The molecule has 0 aliphatic carbocycles. The molecule has 2 nitrogen and oxygen atoms in total. The van der Waals surface area contributed by atoms with E-state index in [0.29, 0.717) is 12.4 Å². The Bertz CT molecular complexity index is 319. The van der Waals surface area contributed by atoms with Gasteiger partial charge in [-0.2, -0.15) is 13.2 Å². The number of hydrogen-bond acceptors (Lipinski definition) is 2. The van der Waals surface area contributed by atoms with E-state index in [1.807, 2.05) is 6.92 Å². The monoisotopic (exact) mass is 234 g/mol. The summed E-state index contributed by atoms with van der Waals surface area (Å²) in [6, 6.07) is 5.26. The molecule has 1 atom stereocenters. The SMILES string of the molecule is CCCOc1ccc(C(O)C(F)(F)F)cc1. The predicted molar refractivity (Wildman–Crippen MR) is 53.2 cm³/mol. The van der Waals surface area contributed by atoms with Crippen molar-refractivity contribution >= 4 is 0 Å². The second-order valence-corrected chi connectivity index (χ2v) is 3.36. The number of benzene rings is 1. The maximum Gasteiger partial charge on any atom is 0.418 e. The standard InChI is InChI=1S/C11H13F3O2/c1-2-7-16-9-5-3-8(4-6-9)10(15)11(12,13)14/h3-6,10,15H,2,7H2,1H3.